The minimum absolute atomic E-state index is 0.0322. The Balaban J connectivity index is 1.72. The minimum Gasteiger partial charge on any atom is -0.480 e. The SMILES string of the molecule is COc1ncccc1C(=O)N1CCC(=C2CC2)CC1. The molecular formula is C15H18N2O2. The molecule has 1 saturated carbocycles. The van der Waals surface area contributed by atoms with Gasteiger partial charge in [0.05, 0.1) is 7.11 Å². The lowest BCUT2D eigenvalue weighted by Gasteiger charge is -2.28. The van der Waals surface area contributed by atoms with E-state index in [4.69, 9.17) is 4.74 Å². The van der Waals surface area contributed by atoms with Crippen LogP contribution in [-0.2, 0) is 0 Å². The molecule has 0 radical (unpaired) electrons. The number of carbonyl (C=O) groups excluding carboxylic acids is 1. The molecule has 1 amide bonds. The van der Waals surface area contributed by atoms with Crippen molar-refractivity contribution in [3.63, 3.8) is 0 Å². The van der Waals surface area contributed by atoms with Crippen LogP contribution in [0.25, 0.3) is 0 Å². The quantitative estimate of drug-likeness (QED) is 0.765. The van der Waals surface area contributed by atoms with Crippen LogP contribution >= 0.6 is 0 Å². The second kappa shape index (κ2) is 5.03. The van der Waals surface area contributed by atoms with Gasteiger partial charge in [-0.05, 0) is 37.8 Å². The van der Waals surface area contributed by atoms with Gasteiger partial charge in [0.25, 0.3) is 5.91 Å². The Labute approximate surface area is 113 Å². The molecule has 0 atom stereocenters. The molecule has 2 fully saturated rings. The van der Waals surface area contributed by atoms with Gasteiger partial charge in [0.15, 0.2) is 0 Å². The molecule has 0 bridgehead atoms. The van der Waals surface area contributed by atoms with Crippen LogP contribution in [0.5, 0.6) is 5.88 Å². The summed E-state index contributed by atoms with van der Waals surface area (Å²) in [6.07, 6.45) is 6.26. The Hall–Kier alpha value is -1.84. The van der Waals surface area contributed by atoms with Crippen molar-refractivity contribution in [3.05, 3.63) is 35.0 Å². The van der Waals surface area contributed by atoms with E-state index in [1.165, 1.54) is 12.8 Å². The molecule has 1 aliphatic carbocycles. The zero-order valence-corrected chi connectivity index (χ0v) is 11.2. The summed E-state index contributed by atoms with van der Waals surface area (Å²) in [5.41, 5.74) is 3.78. The summed E-state index contributed by atoms with van der Waals surface area (Å²) in [5, 5.41) is 0. The van der Waals surface area contributed by atoms with E-state index >= 15 is 0 Å². The molecule has 1 aromatic rings. The maximum absolute atomic E-state index is 12.5. The van der Waals surface area contributed by atoms with E-state index in [1.54, 1.807) is 36.6 Å². The van der Waals surface area contributed by atoms with Crippen LogP contribution in [0.1, 0.15) is 36.0 Å². The number of hydrogen-bond donors (Lipinski definition) is 0. The number of rotatable bonds is 2. The lowest BCUT2D eigenvalue weighted by atomic mass is 10.0. The molecule has 100 valence electrons. The van der Waals surface area contributed by atoms with Crippen molar-refractivity contribution in [3.8, 4) is 5.88 Å². The van der Waals surface area contributed by atoms with Gasteiger partial charge in [-0.15, -0.1) is 0 Å². The third-order valence-corrected chi connectivity index (χ3v) is 3.85. The topological polar surface area (TPSA) is 42.4 Å². The van der Waals surface area contributed by atoms with Crippen LogP contribution < -0.4 is 4.74 Å². The van der Waals surface area contributed by atoms with Gasteiger partial charge in [-0.3, -0.25) is 4.79 Å². The molecule has 0 unspecified atom stereocenters. The van der Waals surface area contributed by atoms with Gasteiger partial charge in [-0.1, -0.05) is 11.1 Å². The maximum atomic E-state index is 12.5. The predicted octanol–water partition coefficient (Wildman–Crippen LogP) is 2.42. The Morgan fingerprint density at radius 3 is 2.53 bits per heavy atom. The molecule has 0 N–H and O–H groups in total. The Morgan fingerprint density at radius 2 is 1.89 bits per heavy atom. The van der Waals surface area contributed by atoms with Gasteiger partial charge in [0, 0.05) is 19.3 Å². The van der Waals surface area contributed by atoms with E-state index in [9.17, 15) is 4.79 Å². The predicted molar refractivity (Wildman–Crippen MR) is 72.2 cm³/mol. The summed E-state index contributed by atoms with van der Waals surface area (Å²) in [6.45, 7) is 1.63. The maximum Gasteiger partial charge on any atom is 0.259 e. The fourth-order valence-corrected chi connectivity index (χ4v) is 2.64. The van der Waals surface area contributed by atoms with Crippen molar-refractivity contribution in [2.24, 2.45) is 0 Å². The first kappa shape index (κ1) is 12.2. The molecule has 2 heterocycles. The molecule has 19 heavy (non-hydrogen) atoms. The first-order chi connectivity index (χ1) is 9.29. The number of hydrogen-bond acceptors (Lipinski definition) is 3. The highest BCUT2D eigenvalue weighted by atomic mass is 16.5. The number of methoxy groups -OCH3 is 1. The third kappa shape index (κ3) is 2.48. The van der Waals surface area contributed by atoms with Crippen LogP contribution in [0.15, 0.2) is 29.5 Å². The highest BCUT2D eigenvalue weighted by Crippen LogP contribution is 2.36. The summed E-state index contributed by atoms with van der Waals surface area (Å²) in [7, 11) is 1.55. The third-order valence-electron chi connectivity index (χ3n) is 3.85. The molecule has 0 spiro atoms. The average Bonchev–Trinajstić information content (AvgIpc) is 3.31. The summed E-state index contributed by atoms with van der Waals surface area (Å²) < 4.78 is 5.16. The highest BCUT2D eigenvalue weighted by Gasteiger charge is 2.26. The molecule has 4 heteroatoms. The number of allylic oxidation sites excluding steroid dienone is 1. The van der Waals surface area contributed by atoms with Crippen LogP contribution in [0, 0.1) is 0 Å². The summed E-state index contributed by atoms with van der Waals surface area (Å²) in [5.74, 6) is 0.448. The molecule has 1 saturated heterocycles. The van der Waals surface area contributed by atoms with Gasteiger partial charge in [-0.2, -0.15) is 0 Å². The van der Waals surface area contributed by atoms with Crippen LogP contribution in [0.2, 0.25) is 0 Å². The Kier molecular flexibility index (Phi) is 3.23. The number of aromatic nitrogens is 1. The van der Waals surface area contributed by atoms with Crippen molar-refractivity contribution in [2.45, 2.75) is 25.7 Å². The van der Waals surface area contributed by atoms with Crippen molar-refractivity contribution >= 4 is 5.91 Å². The van der Waals surface area contributed by atoms with E-state index in [2.05, 4.69) is 4.98 Å². The van der Waals surface area contributed by atoms with E-state index in [0.717, 1.165) is 25.9 Å². The Bertz CT molecular complexity index is 521. The second-order valence-electron chi connectivity index (χ2n) is 5.06. The molecule has 0 aromatic carbocycles. The van der Waals surface area contributed by atoms with Gasteiger partial charge in [0.2, 0.25) is 5.88 Å². The smallest absolute Gasteiger partial charge is 0.259 e. The molecular weight excluding hydrogens is 240 g/mol. The van der Waals surface area contributed by atoms with Crippen molar-refractivity contribution in [1.82, 2.24) is 9.88 Å². The van der Waals surface area contributed by atoms with Crippen molar-refractivity contribution in [1.29, 1.82) is 0 Å². The Morgan fingerprint density at radius 1 is 1.21 bits per heavy atom. The molecule has 4 nitrogen and oxygen atoms in total. The number of ether oxygens (including phenoxy) is 1. The molecule has 1 aromatic heterocycles. The summed E-state index contributed by atoms with van der Waals surface area (Å²) in [6, 6.07) is 3.56. The lowest BCUT2D eigenvalue weighted by molar-refractivity contribution is 0.0739. The monoisotopic (exact) mass is 258 g/mol. The van der Waals surface area contributed by atoms with Crippen molar-refractivity contribution in [2.75, 3.05) is 20.2 Å². The number of carbonyl (C=O) groups is 1. The van der Waals surface area contributed by atoms with E-state index in [1.807, 2.05) is 4.90 Å². The fraction of sp³-hybridized carbons (Fsp3) is 0.467. The van der Waals surface area contributed by atoms with Gasteiger partial charge < -0.3 is 9.64 Å². The highest BCUT2D eigenvalue weighted by molar-refractivity contribution is 5.96. The second-order valence-corrected chi connectivity index (χ2v) is 5.06. The van der Waals surface area contributed by atoms with E-state index in [-0.39, 0.29) is 5.91 Å². The minimum atomic E-state index is 0.0322. The van der Waals surface area contributed by atoms with Crippen LogP contribution in [-0.4, -0.2) is 36.0 Å². The zero-order chi connectivity index (χ0) is 13.2. The van der Waals surface area contributed by atoms with Gasteiger partial charge in [-0.25, -0.2) is 4.98 Å². The number of amides is 1. The summed E-state index contributed by atoms with van der Waals surface area (Å²) in [4.78, 5) is 18.5. The lowest BCUT2D eigenvalue weighted by Crippen LogP contribution is -2.36. The number of nitrogens with zero attached hydrogens (tertiary/aromatic N) is 2. The van der Waals surface area contributed by atoms with E-state index in [0.29, 0.717) is 11.4 Å². The standard InChI is InChI=1S/C15H18N2O2/c1-19-14-13(3-2-8-16-14)15(18)17-9-6-12(7-10-17)11-4-5-11/h2-3,8H,4-7,9-10H2,1H3. The van der Waals surface area contributed by atoms with Crippen LogP contribution in [0.4, 0.5) is 0 Å². The number of likely N-dealkylation sites (tertiary alicyclic amines) is 1. The first-order valence-electron chi connectivity index (χ1n) is 6.77. The number of pyridine rings is 1. The summed E-state index contributed by atoms with van der Waals surface area (Å²) >= 11 is 0. The zero-order valence-electron chi connectivity index (χ0n) is 11.2. The molecule has 1 aliphatic heterocycles. The van der Waals surface area contributed by atoms with Crippen LogP contribution in [0.3, 0.4) is 0 Å². The largest absolute Gasteiger partial charge is 0.480 e. The molecule has 3 rings (SSSR count). The average molecular weight is 258 g/mol. The van der Waals surface area contributed by atoms with Crippen molar-refractivity contribution < 1.29 is 9.53 Å². The van der Waals surface area contributed by atoms with Gasteiger partial charge in [0.1, 0.15) is 5.56 Å². The molecule has 2 aliphatic rings. The fourth-order valence-electron chi connectivity index (χ4n) is 2.64. The van der Waals surface area contributed by atoms with Gasteiger partial charge >= 0.3 is 0 Å². The number of piperidine rings is 1. The van der Waals surface area contributed by atoms with E-state index < -0.39 is 0 Å². The normalized spacial score (nSPS) is 18.5. The first-order valence-corrected chi connectivity index (χ1v) is 6.77.